The van der Waals surface area contributed by atoms with Crippen LogP contribution in [-0.4, -0.2) is 20.2 Å². The van der Waals surface area contributed by atoms with Gasteiger partial charge in [0.25, 0.3) is 0 Å². The van der Waals surface area contributed by atoms with E-state index in [4.69, 9.17) is 10.2 Å². The third-order valence-corrected chi connectivity index (χ3v) is 3.61. The molecule has 4 aromatic rings. The Labute approximate surface area is 137 Å². The molecule has 118 valence electrons. The number of rotatable bonds is 4. The molecule has 0 radical (unpaired) electrons. The van der Waals surface area contributed by atoms with Crippen LogP contribution in [0.4, 0.5) is 17.4 Å². The van der Waals surface area contributed by atoms with Gasteiger partial charge in [0.05, 0.1) is 11.0 Å². The normalized spacial score (nSPS) is 10.8. The van der Waals surface area contributed by atoms with Crippen molar-refractivity contribution in [3.05, 3.63) is 66.8 Å². The van der Waals surface area contributed by atoms with Gasteiger partial charge in [0.1, 0.15) is 6.54 Å². The number of para-hydroxylation sites is 1. The second-order valence-electron chi connectivity index (χ2n) is 5.19. The van der Waals surface area contributed by atoms with E-state index in [-0.39, 0.29) is 6.01 Å². The van der Waals surface area contributed by atoms with Crippen LogP contribution in [0.5, 0.6) is 0 Å². The molecule has 2 aromatic heterocycles. The molecular weight excluding hydrogens is 304 g/mol. The molecule has 0 fully saturated rings. The van der Waals surface area contributed by atoms with Crippen LogP contribution in [0.25, 0.3) is 11.0 Å². The molecular formula is C17H14N6O. The van der Waals surface area contributed by atoms with Crippen molar-refractivity contribution in [3.63, 3.8) is 0 Å². The number of fused-ring (bicyclic) bond motifs is 1. The maximum atomic E-state index is 5.53. The highest BCUT2D eigenvalue weighted by molar-refractivity contribution is 5.80. The Kier molecular flexibility index (Phi) is 3.51. The minimum atomic E-state index is 0.0578. The fraction of sp³-hybridized carbons (Fsp3) is 0.0588. The summed E-state index contributed by atoms with van der Waals surface area (Å²) >= 11 is 0. The highest BCUT2D eigenvalue weighted by atomic mass is 16.4. The van der Waals surface area contributed by atoms with Gasteiger partial charge in [0.2, 0.25) is 5.89 Å². The number of nitrogens with zero attached hydrogens (tertiary/aromatic N) is 5. The molecule has 7 nitrogen and oxygen atoms in total. The third kappa shape index (κ3) is 2.74. The molecule has 0 amide bonds. The molecule has 2 heterocycles. The zero-order valence-corrected chi connectivity index (χ0v) is 12.7. The van der Waals surface area contributed by atoms with Crippen LogP contribution < -0.4 is 10.6 Å². The Morgan fingerprint density at radius 1 is 0.875 bits per heavy atom. The van der Waals surface area contributed by atoms with Gasteiger partial charge in [-0.1, -0.05) is 23.3 Å². The maximum Gasteiger partial charge on any atom is 0.312 e. The van der Waals surface area contributed by atoms with Crippen molar-refractivity contribution in [1.82, 2.24) is 20.2 Å². The summed E-state index contributed by atoms with van der Waals surface area (Å²) in [5.74, 6) is 0.440. The molecule has 2 N–H and O–H groups in total. The van der Waals surface area contributed by atoms with Gasteiger partial charge in [0, 0.05) is 23.8 Å². The Morgan fingerprint density at radius 3 is 2.42 bits per heavy atom. The van der Waals surface area contributed by atoms with Crippen molar-refractivity contribution in [2.75, 3.05) is 10.6 Å². The van der Waals surface area contributed by atoms with Crippen molar-refractivity contribution in [2.45, 2.75) is 6.54 Å². The van der Waals surface area contributed by atoms with Crippen molar-refractivity contribution in [1.29, 1.82) is 0 Å². The molecule has 0 spiro atoms. The van der Waals surface area contributed by atoms with Crippen LogP contribution in [0, 0.1) is 0 Å². The Balaban J connectivity index is 1.78. The van der Waals surface area contributed by atoms with Crippen LogP contribution >= 0.6 is 0 Å². The second kappa shape index (κ2) is 5.96. The number of hydrogen-bond donors (Lipinski definition) is 1. The molecule has 7 heteroatoms. The summed E-state index contributed by atoms with van der Waals surface area (Å²) in [6, 6.07) is 15.9. The molecule has 0 saturated heterocycles. The fourth-order valence-corrected chi connectivity index (χ4v) is 2.52. The van der Waals surface area contributed by atoms with Crippen molar-refractivity contribution in [2.24, 2.45) is 0 Å². The van der Waals surface area contributed by atoms with Gasteiger partial charge >= 0.3 is 6.01 Å². The van der Waals surface area contributed by atoms with E-state index in [1.165, 1.54) is 0 Å². The first-order valence-electron chi connectivity index (χ1n) is 7.41. The highest BCUT2D eigenvalue weighted by Crippen LogP contribution is 2.29. The monoisotopic (exact) mass is 318 g/mol. The molecule has 4 rings (SSSR count). The SMILES string of the molecule is Nc1nnc(CN(c2ccccc2)c2ccc3nccnc3c2)o1. The van der Waals surface area contributed by atoms with Gasteiger partial charge in [-0.05, 0) is 30.3 Å². The van der Waals surface area contributed by atoms with Crippen LogP contribution in [0.2, 0.25) is 0 Å². The number of anilines is 3. The van der Waals surface area contributed by atoms with Crippen LogP contribution in [0.15, 0.2) is 65.3 Å². The Morgan fingerprint density at radius 2 is 1.67 bits per heavy atom. The first-order chi connectivity index (χ1) is 11.8. The largest absolute Gasteiger partial charge is 0.406 e. The molecule has 0 saturated carbocycles. The molecule has 0 aliphatic carbocycles. The van der Waals surface area contributed by atoms with Gasteiger partial charge in [0.15, 0.2) is 0 Å². The number of nitrogen functional groups attached to an aromatic ring is 1. The van der Waals surface area contributed by atoms with Crippen LogP contribution in [0.3, 0.4) is 0 Å². The first kappa shape index (κ1) is 14.1. The van der Waals surface area contributed by atoms with Gasteiger partial charge in [-0.3, -0.25) is 9.97 Å². The molecule has 0 bridgehead atoms. The molecule has 0 unspecified atom stereocenters. The molecule has 0 aliphatic heterocycles. The molecule has 0 aliphatic rings. The van der Waals surface area contributed by atoms with E-state index in [1.54, 1.807) is 12.4 Å². The van der Waals surface area contributed by atoms with Gasteiger partial charge in [-0.15, -0.1) is 5.10 Å². The smallest absolute Gasteiger partial charge is 0.312 e. The van der Waals surface area contributed by atoms with E-state index in [0.717, 1.165) is 22.4 Å². The lowest BCUT2D eigenvalue weighted by molar-refractivity contribution is 0.511. The summed E-state index contributed by atoms with van der Waals surface area (Å²) in [7, 11) is 0. The van der Waals surface area contributed by atoms with Crippen molar-refractivity contribution >= 4 is 28.4 Å². The standard InChI is InChI=1S/C17H14N6O/c18-17-22-21-16(24-17)11-23(12-4-2-1-3-5-12)13-6-7-14-15(10-13)20-9-8-19-14/h1-10H,11H2,(H2,18,22). The summed E-state index contributed by atoms with van der Waals surface area (Å²) in [4.78, 5) is 10.7. The van der Waals surface area contributed by atoms with Crippen LogP contribution in [0.1, 0.15) is 5.89 Å². The molecule has 2 aromatic carbocycles. The molecule has 24 heavy (non-hydrogen) atoms. The summed E-state index contributed by atoms with van der Waals surface area (Å²) in [6.07, 6.45) is 3.36. The Hall–Kier alpha value is -3.48. The lowest BCUT2D eigenvalue weighted by atomic mass is 10.2. The quantitative estimate of drug-likeness (QED) is 0.618. The van der Waals surface area contributed by atoms with E-state index < -0.39 is 0 Å². The topological polar surface area (TPSA) is 94.0 Å². The van der Waals surface area contributed by atoms with E-state index in [0.29, 0.717) is 12.4 Å². The van der Waals surface area contributed by atoms with E-state index in [1.807, 2.05) is 48.5 Å². The average Bonchev–Trinajstić information content (AvgIpc) is 3.05. The number of nitrogens with two attached hydrogens (primary N) is 1. The zero-order valence-electron chi connectivity index (χ0n) is 12.7. The lowest BCUT2D eigenvalue weighted by Crippen LogP contribution is -2.16. The predicted molar refractivity (Wildman–Crippen MR) is 90.5 cm³/mol. The lowest BCUT2D eigenvalue weighted by Gasteiger charge is -2.23. The third-order valence-electron chi connectivity index (χ3n) is 3.61. The van der Waals surface area contributed by atoms with Crippen LogP contribution in [-0.2, 0) is 6.54 Å². The fourth-order valence-electron chi connectivity index (χ4n) is 2.52. The first-order valence-corrected chi connectivity index (χ1v) is 7.41. The Bertz CT molecular complexity index is 969. The van der Waals surface area contributed by atoms with Crippen molar-refractivity contribution < 1.29 is 4.42 Å². The predicted octanol–water partition coefficient (Wildman–Crippen LogP) is 2.93. The minimum Gasteiger partial charge on any atom is -0.406 e. The van der Waals surface area contributed by atoms with E-state index in [9.17, 15) is 0 Å². The summed E-state index contributed by atoms with van der Waals surface area (Å²) in [6.45, 7) is 0.403. The van der Waals surface area contributed by atoms with Crippen molar-refractivity contribution in [3.8, 4) is 0 Å². The summed E-state index contributed by atoms with van der Waals surface area (Å²) in [5, 5.41) is 7.68. The summed E-state index contributed by atoms with van der Waals surface area (Å²) in [5.41, 5.74) is 9.14. The van der Waals surface area contributed by atoms with Gasteiger partial charge in [-0.25, -0.2) is 0 Å². The van der Waals surface area contributed by atoms with E-state index in [2.05, 4.69) is 25.1 Å². The number of hydrogen-bond acceptors (Lipinski definition) is 7. The number of aromatic nitrogens is 4. The summed E-state index contributed by atoms with van der Waals surface area (Å²) < 4.78 is 5.33. The zero-order chi connectivity index (χ0) is 16.4. The average molecular weight is 318 g/mol. The highest BCUT2D eigenvalue weighted by Gasteiger charge is 2.14. The number of benzene rings is 2. The van der Waals surface area contributed by atoms with Gasteiger partial charge < -0.3 is 15.1 Å². The van der Waals surface area contributed by atoms with Gasteiger partial charge in [-0.2, -0.15) is 0 Å². The van der Waals surface area contributed by atoms with E-state index >= 15 is 0 Å². The minimum absolute atomic E-state index is 0.0578. The maximum absolute atomic E-state index is 5.53. The second-order valence-corrected chi connectivity index (χ2v) is 5.19. The molecule has 0 atom stereocenters.